The van der Waals surface area contributed by atoms with Crippen molar-refractivity contribution in [2.45, 2.75) is 58.6 Å². The highest BCUT2D eigenvalue weighted by Crippen LogP contribution is 2.11. The largest absolute Gasteiger partial charge is 0.444 e. The van der Waals surface area contributed by atoms with Crippen molar-refractivity contribution < 1.29 is 14.3 Å². The van der Waals surface area contributed by atoms with Gasteiger partial charge >= 0.3 is 6.09 Å². The molecule has 0 heterocycles. The second kappa shape index (κ2) is 8.41. The minimum Gasteiger partial charge on any atom is -0.444 e. The predicted molar refractivity (Wildman–Crippen MR) is 87.8 cm³/mol. The number of anilines is 1. The van der Waals surface area contributed by atoms with Crippen molar-refractivity contribution in [2.75, 3.05) is 5.32 Å². The van der Waals surface area contributed by atoms with Gasteiger partial charge in [0.15, 0.2) is 0 Å². The first-order valence-electron chi connectivity index (χ1n) is 7.67. The van der Waals surface area contributed by atoms with Crippen molar-refractivity contribution in [2.24, 2.45) is 0 Å². The zero-order valence-corrected chi connectivity index (χ0v) is 13.8. The molecule has 0 bridgehead atoms. The monoisotopic (exact) mass is 306 g/mol. The molecule has 0 radical (unpaired) electrons. The third-order valence-corrected chi connectivity index (χ3v) is 2.90. The van der Waals surface area contributed by atoms with Crippen molar-refractivity contribution in [1.29, 1.82) is 0 Å². The molecule has 0 fully saturated rings. The lowest BCUT2D eigenvalue weighted by Crippen LogP contribution is -2.45. The van der Waals surface area contributed by atoms with Crippen LogP contribution in [-0.2, 0) is 9.53 Å². The molecule has 1 aromatic rings. The van der Waals surface area contributed by atoms with Crippen LogP contribution in [0.2, 0.25) is 0 Å². The Morgan fingerprint density at radius 3 is 2.36 bits per heavy atom. The van der Waals surface area contributed by atoms with Gasteiger partial charge in [0.2, 0.25) is 5.91 Å². The van der Waals surface area contributed by atoms with Gasteiger partial charge in [0.1, 0.15) is 11.6 Å². The van der Waals surface area contributed by atoms with Crippen LogP contribution in [0.25, 0.3) is 0 Å². The van der Waals surface area contributed by atoms with Gasteiger partial charge in [-0.25, -0.2) is 4.79 Å². The van der Waals surface area contributed by atoms with E-state index in [4.69, 9.17) is 4.74 Å². The summed E-state index contributed by atoms with van der Waals surface area (Å²) in [7, 11) is 0. The van der Waals surface area contributed by atoms with Crippen LogP contribution in [0, 0.1) is 0 Å². The molecular formula is C17H26N2O3. The van der Waals surface area contributed by atoms with E-state index in [2.05, 4.69) is 10.6 Å². The lowest BCUT2D eigenvalue weighted by molar-refractivity contribution is -0.118. The average molecular weight is 306 g/mol. The molecule has 122 valence electrons. The SMILES string of the molecule is CCCC[C@H](NC(=O)OC(C)(C)C)C(=O)Nc1ccccc1. The van der Waals surface area contributed by atoms with E-state index in [0.29, 0.717) is 12.1 Å². The Morgan fingerprint density at radius 1 is 1.18 bits per heavy atom. The van der Waals surface area contributed by atoms with E-state index in [1.807, 2.05) is 37.3 Å². The summed E-state index contributed by atoms with van der Waals surface area (Å²) in [6.07, 6.45) is 1.80. The van der Waals surface area contributed by atoms with Gasteiger partial charge in [-0.2, -0.15) is 0 Å². The second-order valence-corrected chi connectivity index (χ2v) is 6.20. The number of benzene rings is 1. The number of ether oxygens (including phenoxy) is 1. The van der Waals surface area contributed by atoms with E-state index >= 15 is 0 Å². The Labute approximate surface area is 132 Å². The first kappa shape index (κ1) is 18.0. The van der Waals surface area contributed by atoms with Crippen LogP contribution in [0.15, 0.2) is 30.3 Å². The van der Waals surface area contributed by atoms with Crippen LogP contribution >= 0.6 is 0 Å². The Kier molecular flexibility index (Phi) is 6.89. The van der Waals surface area contributed by atoms with Crippen LogP contribution in [0.1, 0.15) is 47.0 Å². The molecule has 22 heavy (non-hydrogen) atoms. The summed E-state index contributed by atoms with van der Waals surface area (Å²) in [5, 5.41) is 5.47. The highest BCUT2D eigenvalue weighted by atomic mass is 16.6. The van der Waals surface area contributed by atoms with E-state index in [9.17, 15) is 9.59 Å². The zero-order valence-electron chi connectivity index (χ0n) is 13.8. The van der Waals surface area contributed by atoms with Crippen molar-refractivity contribution in [1.82, 2.24) is 5.32 Å². The van der Waals surface area contributed by atoms with Crippen LogP contribution in [0.5, 0.6) is 0 Å². The fraction of sp³-hybridized carbons (Fsp3) is 0.529. The number of alkyl carbamates (subject to hydrolysis) is 1. The van der Waals surface area contributed by atoms with Crippen molar-refractivity contribution in [3.05, 3.63) is 30.3 Å². The fourth-order valence-electron chi connectivity index (χ4n) is 1.88. The number of hydrogen-bond acceptors (Lipinski definition) is 3. The summed E-state index contributed by atoms with van der Waals surface area (Å²) in [4.78, 5) is 24.2. The number of para-hydroxylation sites is 1. The smallest absolute Gasteiger partial charge is 0.408 e. The molecule has 0 saturated heterocycles. The van der Waals surface area contributed by atoms with Gasteiger partial charge in [0, 0.05) is 5.69 Å². The molecule has 1 rings (SSSR count). The molecule has 0 unspecified atom stereocenters. The number of rotatable bonds is 6. The molecule has 0 aliphatic rings. The maximum absolute atomic E-state index is 12.3. The highest BCUT2D eigenvalue weighted by Gasteiger charge is 2.23. The standard InChI is InChI=1S/C17H26N2O3/c1-5-6-12-14(19-16(21)22-17(2,3)4)15(20)18-13-10-8-7-9-11-13/h7-11,14H,5-6,12H2,1-4H3,(H,18,20)(H,19,21)/t14-/m0/s1. The highest BCUT2D eigenvalue weighted by molar-refractivity contribution is 5.96. The molecule has 2 N–H and O–H groups in total. The third kappa shape index (κ3) is 7.11. The molecule has 0 aliphatic heterocycles. The molecule has 0 aliphatic carbocycles. The molecule has 1 atom stereocenters. The minimum absolute atomic E-state index is 0.231. The fourth-order valence-corrected chi connectivity index (χ4v) is 1.88. The first-order chi connectivity index (χ1) is 10.3. The van der Waals surface area contributed by atoms with Crippen molar-refractivity contribution >= 4 is 17.7 Å². The molecule has 1 aromatic carbocycles. The van der Waals surface area contributed by atoms with E-state index in [1.165, 1.54) is 0 Å². The Hall–Kier alpha value is -2.04. The Bertz CT molecular complexity index is 480. The van der Waals surface area contributed by atoms with Gasteiger partial charge in [-0.3, -0.25) is 4.79 Å². The van der Waals surface area contributed by atoms with E-state index in [0.717, 1.165) is 12.8 Å². The molecule has 2 amide bonds. The number of carbonyl (C=O) groups is 2. The van der Waals surface area contributed by atoms with E-state index in [-0.39, 0.29) is 5.91 Å². The summed E-state index contributed by atoms with van der Waals surface area (Å²) in [6, 6.07) is 8.58. The van der Waals surface area contributed by atoms with E-state index in [1.54, 1.807) is 20.8 Å². The quantitative estimate of drug-likeness (QED) is 0.842. The lowest BCUT2D eigenvalue weighted by atomic mass is 10.1. The Balaban J connectivity index is 2.66. The Morgan fingerprint density at radius 2 is 1.82 bits per heavy atom. The molecule has 5 heteroatoms. The number of amides is 2. The third-order valence-electron chi connectivity index (χ3n) is 2.90. The maximum atomic E-state index is 12.3. The van der Waals surface area contributed by atoms with Crippen LogP contribution in [0.4, 0.5) is 10.5 Å². The van der Waals surface area contributed by atoms with Crippen molar-refractivity contribution in [3.63, 3.8) is 0 Å². The molecule has 5 nitrogen and oxygen atoms in total. The van der Waals surface area contributed by atoms with Gasteiger partial charge in [-0.15, -0.1) is 0 Å². The summed E-state index contributed by atoms with van der Waals surface area (Å²) < 4.78 is 5.22. The van der Waals surface area contributed by atoms with Gasteiger partial charge in [0.25, 0.3) is 0 Å². The predicted octanol–water partition coefficient (Wildman–Crippen LogP) is 3.71. The number of nitrogens with one attached hydrogen (secondary N) is 2. The summed E-state index contributed by atoms with van der Waals surface area (Å²) in [6.45, 7) is 7.41. The summed E-state index contributed by atoms with van der Waals surface area (Å²) in [5.41, 5.74) is 0.120. The molecular weight excluding hydrogens is 280 g/mol. The minimum atomic E-state index is -0.602. The van der Waals surface area contributed by atoms with Gasteiger partial charge in [-0.1, -0.05) is 38.0 Å². The van der Waals surface area contributed by atoms with Crippen LogP contribution in [-0.4, -0.2) is 23.6 Å². The maximum Gasteiger partial charge on any atom is 0.408 e. The lowest BCUT2D eigenvalue weighted by Gasteiger charge is -2.23. The van der Waals surface area contributed by atoms with Gasteiger partial charge in [-0.05, 0) is 39.3 Å². The molecule has 0 spiro atoms. The van der Waals surface area contributed by atoms with Crippen molar-refractivity contribution in [3.8, 4) is 0 Å². The van der Waals surface area contributed by atoms with E-state index < -0.39 is 17.7 Å². The average Bonchev–Trinajstić information content (AvgIpc) is 2.42. The van der Waals surface area contributed by atoms with Crippen LogP contribution < -0.4 is 10.6 Å². The number of carbonyl (C=O) groups excluding carboxylic acids is 2. The summed E-state index contributed by atoms with van der Waals surface area (Å²) >= 11 is 0. The van der Waals surface area contributed by atoms with Crippen LogP contribution in [0.3, 0.4) is 0 Å². The zero-order chi connectivity index (χ0) is 16.6. The normalized spacial score (nSPS) is 12.4. The topological polar surface area (TPSA) is 67.4 Å². The number of unbranched alkanes of at least 4 members (excludes halogenated alkanes) is 1. The first-order valence-corrected chi connectivity index (χ1v) is 7.67. The molecule has 0 saturated carbocycles. The summed E-state index contributed by atoms with van der Waals surface area (Å²) in [5.74, 6) is -0.231. The number of hydrogen-bond donors (Lipinski definition) is 2. The van der Waals surface area contributed by atoms with Gasteiger partial charge in [0.05, 0.1) is 0 Å². The van der Waals surface area contributed by atoms with Gasteiger partial charge < -0.3 is 15.4 Å². The second-order valence-electron chi connectivity index (χ2n) is 6.20. The molecule has 0 aromatic heterocycles.